The Labute approximate surface area is 212 Å². The van der Waals surface area contributed by atoms with Crippen molar-refractivity contribution >= 4 is 11.9 Å². The Hall–Kier alpha value is -3.13. The van der Waals surface area contributed by atoms with E-state index in [4.69, 9.17) is 14.2 Å². The molecular formula is C28H36N2O6. The number of rotatable bonds is 7. The number of pyridine rings is 1. The Morgan fingerprint density at radius 1 is 1.11 bits per heavy atom. The third-order valence-corrected chi connectivity index (χ3v) is 7.20. The highest BCUT2D eigenvalue weighted by Crippen LogP contribution is 2.32. The number of aromatic hydroxyl groups is 1. The van der Waals surface area contributed by atoms with E-state index in [1.807, 2.05) is 25.1 Å². The first-order valence-corrected chi connectivity index (χ1v) is 12.9. The van der Waals surface area contributed by atoms with Gasteiger partial charge in [-0.2, -0.15) is 0 Å². The molecule has 8 heteroatoms. The van der Waals surface area contributed by atoms with Crippen LogP contribution < -0.4 is 10.1 Å². The van der Waals surface area contributed by atoms with E-state index in [9.17, 15) is 14.7 Å². The lowest BCUT2D eigenvalue weighted by atomic mass is 9.86. The zero-order valence-corrected chi connectivity index (χ0v) is 21.0. The molecule has 0 bridgehead atoms. The average Bonchev–Trinajstić information content (AvgIpc) is 3.40. The van der Waals surface area contributed by atoms with Gasteiger partial charge in [-0.05, 0) is 50.5 Å². The molecule has 0 radical (unpaired) electrons. The maximum Gasteiger partial charge on any atom is 0.329 e. The van der Waals surface area contributed by atoms with Crippen molar-refractivity contribution in [1.82, 2.24) is 10.3 Å². The van der Waals surface area contributed by atoms with Crippen molar-refractivity contribution in [2.24, 2.45) is 5.92 Å². The van der Waals surface area contributed by atoms with Crippen molar-refractivity contribution in [2.45, 2.75) is 82.6 Å². The normalized spacial score (nSPS) is 25.3. The molecule has 2 aliphatic rings. The van der Waals surface area contributed by atoms with Crippen molar-refractivity contribution < 1.29 is 28.9 Å². The molecule has 1 aromatic carbocycles. The highest BCUT2D eigenvalue weighted by Gasteiger charge is 2.37. The van der Waals surface area contributed by atoms with Gasteiger partial charge in [0.2, 0.25) is 0 Å². The minimum atomic E-state index is -0.852. The van der Waals surface area contributed by atoms with E-state index in [2.05, 4.69) is 22.4 Å². The highest BCUT2D eigenvalue weighted by atomic mass is 16.6. The number of methoxy groups -OCH3 is 1. The summed E-state index contributed by atoms with van der Waals surface area (Å²) in [5, 5.41) is 13.0. The number of nitrogens with one attached hydrogen (secondary N) is 1. The fourth-order valence-electron chi connectivity index (χ4n) is 5.31. The van der Waals surface area contributed by atoms with E-state index < -0.39 is 24.0 Å². The highest BCUT2D eigenvalue weighted by molar-refractivity contribution is 5.97. The van der Waals surface area contributed by atoms with E-state index in [0.29, 0.717) is 12.8 Å². The molecule has 4 atom stereocenters. The summed E-state index contributed by atoms with van der Waals surface area (Å²) in [4.78, 5) is 30.0. The van der Waals surface area contributed by atoms with Crippen LogP contribution in [0.1, 0.15) is 67.9 Å². The first-order valence-electron chi connectivity index (χ1n) is 12.9. The number of hydrogen-bond acceptors (Lipinski definition) is 7. The summed E-state index contributed by atoms with van der Waals surface area (Å²) in [5.74, 6) is -1.21. The van der Waals surface area contributed by atoms with E-state index in [-0.39, 0.29) is 35.3 Å². The summed E-state index contributed by atoms with van der Waals surface area (Å²) in [6.45, 7) is 1.88. The number of carbonyl (C=O) groups excluding carboxylic acids is 2. The molecule has 1 aliphatic carbocycles. The SMILES string of the molecule is COc1ccnc(C(=O)N[C@H]2CCC[C@H](Cc3ccccc3)[C@@H](OC3CCCC3)[C@H](C)OC2=O)c1O. The molecule has 8 nitrogen and oxygen atoms in total. The van der Waals surface area contributed by atoms with Crippen LogP contribution in [0.4, 0.5) is 0 Å². The van der Waals surface area contributed by atoms with E-state index in [1.165, 1.54) is 24.9 Å². The number of aromatic nitrogens is 1. The first kappa shape index (κ1) is 25.9. The monoisotopic (exact) mass is 496 g/mol. The van der Waals surface area contributed by atoms with Crippen LogP contribution in [0.5, 0.6) is 11.5 Å². The summed E-state index contributed by atoms with van der Waals surface area (Å²) < 4.78 is 17.6. The minimum absolute atomic E-state index is 0.136. The van der Waals surface area contributed by atoms with Gasteiger partial charge in [-0.15, -0.1) is 0 Å². The lowest BCUT2D eigenvalue weighted by Gasteiger charge is -2.33. The van der Waals surface area contributed by atoms with Crippen LogP contribution >= 0.6 is 0 Å². The number of hydrogen-bond donors (Lipinski definition) is 2. The lowest BCUT2D eigenvalue weighted by Crippen LogP contribution is -2.45. The zero-order chi connectivity index (χ0) is 25.5. The van der Waals surface area contributed by atoms with Crippen LogP contribution in [0.15, 0.2) is 42.6 Å². The molecule has 1 saturated heterocycles. The number of cyclic esters (lactones) is 1. The molecule has 2 heterocycles. The third-order valence-electron chi connectivity index (χ3n) is 7.20. The molecule has 1 aromatic heterocycles. The average molecular weight is 497 g/mol. The van der Waals surface area contributed by atoms with Gasteiger partial charge in [0.15, 0.2) is 17.2 Å². The van der Waals surface area contributed by atoms with Crippen molar-refractivity contribution in [2.75, 3.05) is 7.11 Å². The molecular weight excluding hydrogens is 460 g/mol. The maximum atomic E-state index is 13.2. The Morgan fingerprint density at radius 3 is 2.58 bits per heavy atom. The minimum Gasteiger partial charge on any atom is -0.503 e. The quantitative estimate of drug-likeness (QED) is 0.553. The molecule has 1 saturated carbocycles. The van der Waals surface area contributed by atoms with Crippen LogP contribution in [0.3, 0.4) is 0 Å². The van der Waals surface area contributed by atoms with Gasteiger partial charge in [0.1, 0.15) is 12.1 Å². The molecule has 1 amide bonds. The summed E-state index contributed by atoms with van der Waals surface area (Å²) in [5.41, 5.74) is 1.03. The maximum absolute atomic E-state index is 13.2. The fourth-order valence-corrected chi connectivity index (χ4v) is 5.31. The van der Waals surface area contributed by atoms with Crippen molar-refractivity contribution in [3.8, 4) is 11.5 Å². The van der Waals surface area contributed by atoms with Crippen molar-refractivity contribution in [3.63, 3.8) is 0 Å². The third kappa shape index (κ3) is 6.35. The number of amides is 1. The molecule has 0 spiro atoms. The van der Waals surface area contributed by atoms with Crippen molar-refractivity contribution in [1.29, 1.82) is 0 Å². The predicted octanol–water partition coefficient (Wildman–Crippen LogP) is 4.20. The molecule has 2 fully saturated rings. The van der Waals surface area contributed by atoms with E-state index in [0.717, 1.165) is 38.5 Å². The van der Waals surface area contributed by atoms with Gasteiger partial charge < -0.3 is 24.6 Å². The van der Waals surface area contributed by atoms with E-state index in [1.54, 1.807) is 0 Å². The van der Waals surface area contributed by atoms with Gasteiger partial charge >= 0.3 is 5.97 Å². The predicted molar refractivity (Wildman–Crippen MR) is 134 cm³/mol. The Kier molecular flexibility index (Phi) is 8.80. The van der Waals surface area contributed by atoms with Crippen LogP contribution in [0.2, 0.25) is 0 Å². The largest absolute Gasteiger partial charge is 0.503 e. The van der Waals surface area contributed by atoms with Crippen LogP contribution in [0, 0.1) is 5.92 Å². The molecule has 4 rings (SSSR count). The summed E-state index contributed by atoms with van der Waals surface area (Å²) >= 11 is 0. The Balaban J connectivity index is 1.51. The number of nitrogens with zero attached hydrogens (tertiary/aromatic N) is 1. The molecule has 0 unspecified atom stereocenters. The Morgan fingerprint density at radius 2 is 1.86 bits per heavy atom. The molecule has 1 aliphatic heterocycles. The van der Waals surface area contributed by atoms with Crippen LogP contribution in [-0.2, 0) is 20.7 Å². The van der Waals surface area contributed by atoms with Gasteiger partial charge in [-0.3, -0.25) is 4.79 Å². The first-order chi connectivity index (χ1) is 17.5. The zero-order valence-electron chi connectivity index (χ0n) is 21.0. The number of carbonyl (C=O) groups is 2. The summed E-state index contributed by atoms with van der Waals surface area (Å²) in [6.07, 6.45) is 8.06. The Bertz CT molecular complexity index is 1020. The van der Waals surface area contributed by atoms with Gasteiger partial charge in [-0.25, -0.2) is 9.78 Å². The smallest absolute Gasteiger partial charge is 0.329 e. The van der Waals surface area contributed by atoms with Gasteiger partial charge in [0.05, 0.1) is 19.3 Å². The molecule has 2 aromatic rings. The number of benzene rings is 1. The van der Waals surface area contributed by atoms with E-state index >= 15 is 0 Å². The second kappa shape index (κ2) is 12.2. The van der Waals surface area contributed by atoms with Gasteiger partial charge in [0.25, 0.3) is 5.91 Å². The lowest BCUT2D eigenvalue weighted by molar-refractivity contribution is -0.164. The second-order valence-electron chi connectivity index (χ2n) is 9.77. The molecule has 2 N–H and O–H groups in total. The van der Waals surface area contributed by atoms with Crippen LogP contribution in [-0.4, -0.2) is 53.4 Å². The molecule has 36 heavy (non-hydrogen) atoms. The van der Waals surface area contributed by atoms with Crippen LogP contribution in [0.25, 0.3) is 0 Å². The topological polar surface area (TPSA) is 107 Å². The second-order valence-corrected chi connectivity index (χ2v) is 9.77. The number of ether oxygens (including phenoxy) is 3. The fraction of sp³-hybridized carbons (Fsp3) is 0.536. The standard InChI is InChI=1S/C28H36N2O6/c1-18-26(36-21-12-6-7-13-21)20(17-19-9-4-3-5-10-19)11-8-14-22(28(33)35-18)30-27(32)24-25(31)23(34-2)15-16-29-24/h3-5,9-10,15-16,18,20-22,26,31H,6-8,11-14,17H2,1-2H3,(H,30,32)/t18-,20+,22-,26-/m0/s1. The van der Waals surface area contributed by atoms with Crippen molar-refractivity contribution in [3.05, 3.63) is 53.9 Å². The number of esters is 1. The van der Waals surface area contributed by atoms with Gasteiger partial charge in [-0.1, -0.05) is 49.6 Å². The van der Waals surface area contributed by atoms with Gasteiger partial charge in [0, 0.05) is 12.3 Å². The summed E-state index contributed by atoms with van der Waals surface area (Å²) in [6, 6.07) is 10.9. The molecule has 194 valence electrons. The summed E-state index contributed by atoms with van der Waals surface area (Å²) in [7, 11) is 1.39.